The van der Waals surface area contributed by atoms with Crippen molar-refractivity contribution in [1.29, 1.82) is 0 Å². The number of ketones is 1. The first-order chi connectivity index (χ1) is 10.0. The SMILES string of the molecule is CC(=O)C1=C(C)Nc2ncnn2[C@@H]1c1cccc(Cl)c1Cl. The van der Waals surface area contributed by atoms with E-state index in [4.69, 9.17) is 23.2 Å². The fraction of sp³-hybridized carbons (Fsp3) is 0.214. The molecule has 1 aromatic heterocycles. The molecule has 2 aromatic rings. The van der Waals surface area contributed by atoms with Gasteiger partial charge in [0.25, 0.3) is 0 Å². The number of hydrogen-bond acceptors (Lipinski definition) is 4. The number of nitrogens with one attached hydrogen (secondary N) is 1. The molecule has 0 aliphatic carbocycles. The van der Waals surface area contributed by atoms with Crippen LogP contribution in [0.5, 0.6) is 0 Å². The number of allylic oxidation sites excluding steroid dienone is 2. The van der Waals surface area contributed by atoms with Crippen molar-refractivity contribution in [2.24, 2.45) is 0 Å². The minimum absolute atomic E-state index is 0.0535. The average Bonchev–Trinajstić information content (AvgIpc) is 2.88. The quantitative estimate of drug-likeness (QED) is 0.919. The molecule has 0 bridgehead atoms. The lowest BCUT2D eigenvalue weighted by Gasteiger charge is -2.28. The monoisotopic (exact) mass is 322 g/mol. The highest BCUT2D eigenvalue weighted by Crippen LogP contribution is 2.39. The molecule has 1 atom stereocenters. The highest BCUT2D eigenvalue weighted by molar-refractivity contribution is 6.42. The van der Waals surface area contributed by atoms with Gasteiger partial charge in [-0.15, -0.1) is 0 Å². The topological polar surface area (TPSA) is 59.8 Å². The number of halogens is 2. The van der Waals surface area contributed by atoms with E-state index in [-0.39, 0.29) is 5.78 Å². The Kier molecular flexibility index (Phi) is 3.47. The van der Waals surface area contributed by atoms with Crippen LogP contribution in [0.3, 0.4) is 0 Å². The van der Waals surface area contributed by atoms with Gasteiger partial charge in [0.05, 0.1) is 10.0 Å². The lowest BCUT2D eigenvalue weighted by Crippen LogP contribution is -2.28. The zero-order valence-electron chi connectivity index (χ0n) is 11.4. The van der Waals surface area contributed by atoms with Gasteiger partial charge in [0.1, 0.15) is 12.4 Å². The van der Waals surface area contributed by atoms with E-state index in [9.17, 15) is 4.79 Å². The summed E-state index contributed by atoms with van der Waals surface area (Å²) in [7, 11) is 0. The third-order valence-corrected chi connectivity index (χ3v) is 4.28. The molecule has 1 aliphatic rings. The average molecular weight is 323 g/mol. The second-order valence-electron chi connectivity index (χ2n) is 4.79. The van der Waals surface area contributed by atoms with Crippen LogP contribution in [0.2, 0.25) is 10.0 Å². The minimum Gasteiger partial charge on any atom is -0.328 e. The van der Waals surface area contributed by atoms with Crippen LogP contribution >= 0.6 is 23.2 Å². The predicted molar refractivity (Wildman–Crippen MR) is 81.6 cm³/mol. The third-order valence-electron chi connectivity index (χ3n) is 3.45. The van der Waals surface area contributed by atoms with Crippen LogP contribution in [0, 0.1) is 0 Å². The fourth-order valence-corrected chi connectivity index (χ4v) is 2.98. The van der Waals surface area contributed by atoms with Crippen molar-refractivity contribution >= 4 is 34.9 Å². The molecular formula is C14H12Cl2N4O. The molecule has 1 aromatic carbocycles. The first kappa shape index (κ1) is 14.1. The van der Waals surface area contributed by atoms with Crippen molar-refractivity contribution in [3.8, 4) is 0 Å². The second kappa shape index (κ2) is 5.16. The number of rotatable bonds is 2. The van der Waals surface area contributed by atoms with Crippen molar-refractivity contribution in [3.63, 3.8) is 0 Å². The first-order valence-electron chi connectivity index (χ1n) is 6.33. The summed E-state index contributed by atoms with van der Waals surface area (Å²) in [6, 6.07) is 4.91. The van der Waals surface area contributed by atoms with E-state index in [1.165, 1.54) is 13.3 Å². The number of benzene rings is 1. The summed E-state index contributed by atoms with van der Waals surface area (Å²) >= 11 is 12.4. The molecule has 2 heterocycles. The zero-order valence-corrected chi connectivity index (χ0v) is 12.9. The molecule has 0 spiro atoms. The van der Waals surface area contributed by atoms with Gasteiger partial charge in [0, 0.05) is 16.8 Å². The number of aromatic nitrogens is 3. The van der Waals surface area contributed by atoms with E-state index in [1.807, 2.05) is 13.0 Å². The molecular weight excluding hydrogens is 311 g/mol. The molecule has 3 rings (SSSR count). The van der Waals surface area contributed by atoms with E-state index >= 15 is 0 Å². The number of Topliss-reactive ketones (excluding diaryl/α,β-unsaturated/α-hetero) is 1. The van der Waals surface area contributed by atoms with Gasteiger partial charge in [-0.25, -0.2) is 4.68 Å². The lowest BCUT2D eigenvalue weighted by atomic mass is 9.93. The Labute approximate surface area is 131 Å². The summed E-state index contributed by atoms with van der Waals surface area (Å²) in [5.41, 5.74) is 2.06. The summed E-state index contributed by atoms with van der Waals surface area (Å²) in [5.74, 6) is 0.515. The molecule has 0 saturated heterocycles. The third kappa shape index (κ3) is 2.22. The molecule has 108 valence electrons. The summed E-state index contributed by atoms with van der Waals surface area (Å²) in [6.07, 6.45) is 1.43. The first-order valence-corrected chi connectivity index (χ1v) is 7.08. The summed E-state index contributed by atoms with van der Waals surface area (Å²) in [5, 5.41) is 8.14. The molecule has 0 saturated carbocycles. The minimum atomic E-state index is -0.438. The van der Waals surface area contributed by atoms with Gasteiger partial charge in [-0.05, 0) is 19.9 Å². The highest BCUT2D eigenvalue weighted by atomic mass is 35.5. The van der Waals surface area contributed by atoms with Gasteiger partial charge in [-0.2, -0.15) is 10.1 Å². The van der Waals surface area contributed by atoms with Gasteiger partial charge in [-0.1, -0.05) is 35.3 Å². The van der Waals surface area contributed by atoms with Crippen LogP contribution in [-0.4, -0.2) is 20.5 Å². The Hall–Kier alpha value is -1.85. The lowest BCUT2D eigenvalue weighted by molar-refractivity contribution is -0.114. The Balaban J connectivity index is 2.27. The largest absolute Gasteiger partial charge is 0.328 e. The number of hydrogen-bond donors (Lipinski definition) is 1. The van der Waals surface area contributed by atoms with E-state index in [1.54, 1.807) is 16.8 Å². The van der Waals surface area contributed by atoms with Crippen molar-refractivity contribution in [2.45, 2.75) is 19.9 Å². The van der Waals surface area contributed by atoms with Crippen LogP contribution in [0.4, 0.5) is 5.95 Å². The zero-order chi connectivity index (χ0) is 15.1. The van der Waals surface area contributed by atoms with Gasteiger partial charge in [0.2, 0.25) is 5.95 Å². The van der Waals surface area contributed by atoms with Crippen LogP contribution in [0.1, 0.15) is 25.5 Å². The number of nitrogens with zero attached hydrogens (tertiary/aromatic N) is 3. The highest BCUT2D eigenvalue weighted by Gasteiger charge is 2.33. The maximum Gasteiger partial charge on any atom is 0.226 e. The van der Waals surface area contributed by atoms with Crippen molar-refractivity contribution in [3.05, 3.63) is 51.4 Å². The van der Waals surface area contributed by atoms with E-state index in [2.05, 4.69) is 15.4 Å². The smallest absolute Gasteiger partial charge is 0.226 e. The maximum absolute atomic E-state index is 12.1. The van der Waals surface area contributed by atoms with Gasteiger partial charge in [-0.3, -0.25) is 4.79 Å². The maximum atomic E-state index is 12.1. The molecule has 0 amide bonds. The molecule has 0 unspecified atom stereocenters. The van der Waals surface area contributed by atoms with Gasteiger partial charge >= 0.3 is 0 Å². The van der Waals surface area contributed by atoms with Crippen molar-refractivity contribution in [1.82, 2.24) is 14.8 Å². The van der Waals surface area contributed by atoms with E-state index < -0.39 is 6.04 Å². The summed E-state index contributed by atoms with van der Waals surface area (Å²) in [6.45, 7) is 3.36. The van der Waals surface area contributed by atoms with Crippen LogP contribution in [0.25, 0.3) is 0 Å². The second-order valence-corrected chi connectivity index (χ2v) is 5.58. The van der Waals surface area contributed by atoms with Crippen LogP contribution in [0.15, 0.2) is 35.8 Å². The summed E-state index contributed by atoms with van der Waals surface area (Å²) in [4.78, 5) is 16.2. The normalized spacial score (nSPS) is 17.4. The fourth-order valence-electron chi connectivity index (χ4n) is 2.57. The number of anilines is 1. The van der Waals surface area contributed by atoms with Crippen molar-refractivity contribution in [2.75, 3.05) is 5.32 Å². The molecule has 21 heavy (non-hydrogen) atoms. The Morgan fingerprint density at radius 1 is 1.38 bits per heavy atom. The van der Waals surface area contributed by atoms with E-state index in [0.29, 0.717) is 21.6 Å². The molecule has 1 aliphatic heterocycles. The predicted octanol–water partition coefficient (Wildman–Crippen LogP) is 3.46. The Bertz CT molecular complexity index is 766. The molecule has 0 fully saturated rings. The van der Waals surface area contributed by atoms with E-state index in [0.717, 1.165) is 11.3 Å². The van der Waals surface area contributed by atoms with Gasteiger partial charge in [0.15, 0.2) is 5.78 Å². The number of carbonyl (C=O) groups is 1. The van der Waals surface area contributed by atoms with Crippen LogP contribution in [-0.2, 0) is 4.79 Å². The molecule has 5 nitrogen and oxygen atoms in total. The van der Waals surface area contributed by atoms with Gasteiger partial charge < -0.3 is 5.32 Å². The van der Waals surface area contributed by atoms with Crippen LogP contribution < -0.4 is 5.32 Å². The molecule has 7 heteroatoms. The number of carbonyl (C=O) groups excluding carboxylic acids is 1. The number of fused-ring (bicyclic) bond motifs is 1. The molecule has 0 radical (unpaired) electrons. The Morgan fingerprint density at radius 2 is 2.14 bits per heavy atom. The standard InChI is InChI=1S/C14H12Cl2N4O/c1-7-11(8(2)21)13(20-14(19-7)17-6-18-20)9-4-3-5-10(15)12(9)16/h3-6,13H,1-2H3,(H,17,18,19)/t13-/m1/s1. The van der Waals surface area contributed by atoms with Crippen molar-refractivity contribution < 1.29 is 4.79 Å². The summed E-state index contributed by atoms with van der Waals surface area (Å²) < 4.78 is 1.64. The Morgan fingerprint density at radius 3 is 2.86 bits per heavy atom. The molecule has 1 N–H and O–H groups in total.